The molecule has 0 bridgehead atoms. The summed E-state index contributed by atoms with van der Waals surface area (Å²) in [4.78, 5) is 0. The number of benzene rings is 2. The maximum absolute atomic E-state index is 2.48. The SMILES string of the molecule is C[Si](C)(C)C([Se]c1ccccc1)c1ccccc1. The van der Waals surface area contributed by atoms with Crippen LogP contribution in [0.1, 0.15) is 10.0 Å². The van der Waals surface area contributed by atoms with Crippen LogP contribution in [0, 0.1) is 0 Å². The summed E-state index contributed by atoms with van der Waals surface area (Å²) >= 11 is 0.535. The zero-order valence-corrected chi connectivity index (χ0v) is 14.0. The van der Waals surface area contributed by atoms with Gasteiger partial charge in [-0.25, -0.2) is 0 Å². The van der Waals surface area contributed by atoms with E-state index in [1.165, 1.54) is 10.0 Å². The van der Waals surface area contributed by atoms with E-state index in [0.717, 1.165) is 4.44 Å². The second-order valence-corrected chi connectivity index (χ2v) is 14.3. The second kappa shape index (κ2) is 5.88. The number of rotatable bonds is 4. The van der Waals surface area contributed by atoms with Crippen molar-refractivity contribution in [3.05, 3.63) is 66.2 Å². The second-order valence-electron chi connectivity index (χ2n) is 5.59. The first-order valence-corrected chi connectivity index (χ1v) is 11.8. The van der Waals surface area contributed by atoms with Gasteiger partial charge in [0.05, 0.1) is 0 Å². The van der Waals surface area contributed by atoms with Gasteiger partial charge in [0.15, 0.2) is 0 Å². The van der Waals surface area contributed by atoms with Crippen molar-refractivity contribution in [1.82, 2.24) is 0 Å². The van der Waals surface area contributed by atoms with Crippen molar-refractivity contribution in [2.75, 3.05) is 0 Å². The average Bonchev–Trinajstić information content (AvgIpc) is 2.37. The van der Waals surface area contributed by atoms with Gasteiger partial charge in [-0.15, -0.1) is 0 Å². The predicted octanol–water partition coefficient (Wildman–Crippen LogP) is 3.63. The molecule has 0 spiro atoms. The van der Waals surface area contributed by atoms with Crippen LogP contribution in [0.5, 0.6) is 0 Å². The molecule has 0 radical (unpaired) electrons. The van der Waals surface area contributed by atoms with Gasteiger partial charge in [-0.05, 0) is 0 Å². The Labute approximate surface area is 118 Å². The Hall–Kier alpha value is -0.824. The van der Waals surface area contributed by atoms with Crippen molar-refractivity contribution in [2.24, 2.45) is 0 Å². The molecule has 0 amide bonds. The predicted molar refractivity (Wildman–Crippen MR) is 84.4 cm³/mol. The summed E-state index contributed by atoms with van der Waals surface area (Å²) in [6, 6.07) is 22.0. The number of hydrogen-bond donors (Lipinski definition) is 0. The van der Waals surface area contributed by atoms with Crippen molar-refractivity contribution in [3.8, 4) is 0 Å². The van der Waals surface area contributed by atoms with Gasteiger partial charge in [-0.1, -0.05) is 0 Å². The van der Waals surface area contributed by atoms with Crippen LogP contribution < -0.4 is 4.46 Å². The fourth-order valence-corrected chi connectivity index (χ4v) is 8.33. The molecular weight excluding hydrogens is 299 g/mol. The molecule has 94 valence electrons. The average molecular weight is 319 g/mol. The zero-order chi connectivity index (χ0) is 13.0. The van der Waals surface area contributed by atoms with E-state index in [2.05, 4.69) is 80.3 Å². The molecule has 2 aromatic carbocycles. The van der Waals surface area contributed by atoms with E-state index in [4.69, 9.17) is 0 Å². The van der Waals surface area contributed by atoms with Crippen molar-refractivity contribution < 1.29 is 0 Å². The quantitative estimate of drug-likeness (QED) is 0.755. The molecule has 0 aromatic heterocycles. The molecule has 1 atom stereocenters. The summed E-state index contributed by atoms with van der Waals surface area (Å²) in [7, 11) is -1.18. The molecule has 0 N–H and O–H groups in total. The molecule has 0 aliphatic rings. The first-order chi connectivity index (χ1) is 8.57. The Morgan fingerprint density at radius 1 is 0.778 bits per heavy atom. The third kappa shape index (κ3) is 3.58. The molecule has 0 fully saturated rings. The number of hydrogen-bond acceptors (Lipinski definition) is 0. The first-order valence-electron chi connectivity index (χ1n) is 6.34. The van der Waals surface area contributed by atoms with Gasteiger partial charge in [0.2, 0.25) is 0 Å². The summed E-state index contributed by atoms with van der Waals surface area (Å²) in [5.41, 5.74) is 1.53. The van der Waals surface area contributed by atoms with Gasteiger partial charge in [-0.2, -0.15) is 0 Å². The normalized spacial score (nSPS) is 13.3. The van der Waals surface area contributed by atoms with Crippen molar-refractivity contribution in [2.45, 2.75) is 24.1 Å². The van der Waals surface area contributed by atoms with E-state index in [-0.39, 0.29) is 0 Å². The summed E-state index contributed by atoms with van der Waals surface area (Å²) in [6.45, 7) is 7.44. The van der Waals surface area contributed by atoms with Crippen LogP contribution in [0.25, 0.3) is 0 Å². The summed E-state index contributed by atoms with van der Waals surface area (Å²) in [5, 5.41) is 0. The summed E-state index contributed by atoms with van der Waals surface area (Å²) < 4.78 is 2.27. The molecule has 2 rings (SSSR count). The van der Waals surface area contributed by atoms with Gasteiger partial charge < -0.3 is 0 Å². The van der Waals surface area contributed by atoms with Crippen LogP contribution in [0.15, 0.2) is 60.7 Å². The molecule has 0 aliphatic heterocycles. The Morgan fingerprint density at radius 3 is 1.78 bits per heavy atom. The van der Waals surface area contributed by atoms with Crippen molar-refractivity contribution >= 4 is 27.5 Å². The van der Waals surface area contributed by atoms with Crippen LogP contribution in [0.4, 0.5) is 0 Å². The van der Waals surface area contributed by atoms with Crippen LogP contribution in [0.2, 0.25) is 19.6 Å². The van der Waals surface area contributed by atoms with Gasteiger partial charge in [-0.3, -0.25) is 0 Å². The molecule has 1 unspecified atom stereocenters. The molecule has 2 aromatic rings. The minimum atomic E-state index is -1.18. The standard InChI is InChI=1S/C16H20SeSi/c1-18(2,3)16(14-10-6-4-7-11-14)17-15-12-8-5-9-13-15/h4-13,16H,1-3H3. The van der Waals surface area contributed by atoms with Crippen LogP contribution >= 0.6 is 0 Å². The Bertz CT molecular complexity index is 473. The molecule has 2 heteroatoms. The third-order valence-electron chi connectivity index (χ3n) is 2.89. The summed E-state index contributed by atoms with van der Waals surface area (Å²) in [6.07, 6.45) is 0. The molecule has 0 aliphatic carbocycles. The topological polar surface area (TPSA) is 0 Å². The molecular formula is C16H20SeSi. The molecule has 0 saturated heterocycles. The van der Waals surface area contributed by atoms with E-state index < -0.39 is 8.07 Å². The molecule has 0 nitrogen and oxygen atoms in total. The van der Waals surface area contributed by atoms with Crippen molar-refractivity contribution in [1.29, 1.82) is 0 Å². The fourth-order valence-electron chi connectivity index (χ4n) is 2.01. The van der Waals surface area contributed by atoms with E-state index in [0.29, 0.717) is 15.0 Å². The van der Waals surface area contributed by atoms with Crippen LogP contribution in [0.3, 0.4) is 0 Å². The van der Waals surface area contributed by atoms with E-state index in [1.807, 2.05) is 0 Å². The van der Waals surface area contributed by atoms with E-state index in [9.17, 15) is 0 Å². The Kier molecular flexibility index (Phi) is 4.44. The van der Waals surface area contributed by atoms with Gasteiger partial charge in [0, 0.05) is 0 Å². The van der Waals surface area contributed by atoms with E-state index >= 15 is 0 Å². The first kappa shape index (κ1) is 13.6. The molecule has 0 saturated carbocycles. The molecule has 0 heterocycles. The van der Waals surface area contributed by atoms with Crippen molar-refractivity contribution in [3.63, 3.8) is 0 Å². The maximum atomic E-state index is 2.48. The fraction of sp³-hybridized carbons (Fsp3) is 0.250. The summed E-state index contributed by atoms with van der Waals surface area (Å²) in [5.74, 6) is 0. The van der Waals surface area contributed by atoms with Crippen LogP contribution in [-0.2, 0) is 0 Å². The zero-order valence-electron chi connectivity index (χ0n) is 11.3. The Morgan fingerprint density at radius 2 is 1.28 bits per heavy atom. The third-order valence-corrected chi connectivity index (χ3v) is 12.1. The van der Waals surface area contributed by atoms with Crippen LogP contribution in [-0.4, -0.2) is 23.0 Å². The van der Waals surface area contributed by atoms with Gasteiger partial charge in [0.25, 0.3) is 0 Å². The van der Waals surface area contributed by atoms with E-state index in [1.54, 1.807) is 0 Å². The monoisotopic (exact) mass is 320 g/mol. The minimum absolute atomic E-state index is 0.535. The van der Waals surface area contributed by atoms with Gasteiger partial charge >= 0.3 is 118 Å². The Balaban J connectivity index is 2.28. The van der Waals surface area contributed by atoms with Gasteiger partial charge in [0.1, 0.15) is 0 Å². The molecule has 18 heavy (non-hydrogen) atoms.